The normalized spacial score (nSPS) is 15.8. The van der Waals surface area contributed by atoms with Crippen molar-refractivity contribution in [1.82, 2.24) is 20.0 Å². The Balaban J connectivity index is 1.36. The number of aromatic nitrogens is 2. The second-order valence-corrected chi connectivity index (χ2v) is 10.1. The minimum absolute atomic E-state index is 0.0527. The van der Waals surface area contributed by atoms with Crippen LogP contribution in [-0.2, 0) is 4.74 Å². The van der Waals surface area contributed by atoms with E-state index in [-0.39, 0.29) is 11.9 Å². The smallest absolute Gasteiger partial charge is 0.261 e. The monoisotopic (exact) mass is 486 g/mol. The lowest BCUT2D eigenvalue weighted by Crippen LogP contribution is -2.43. The predicted molar refractivity (Wildman–Crippen MR) is 130 cm³/mol. The molecule has 4 heterocycles. The number of amides is 1. The van der Waals surface area contributed by atoms with Crippen LogP contribution >= 0.6 is 34.3 Å². The Kier molecular flexibility index (Phi) is 6.30. The summed E-state index contributed by atoms with van der Waals surface area (Å²) in [5.74, 6) is -0.0527. The van der Waals surface area contributed by atoms with E-state index in [2.05, 4.69) is 32.8 Å². The molecule has 0 bridgehead atoms. The molecule has 3 aromatic heterocycles. The van der Waals surface area contributed by atoms with E-state index < -0.39 is 0 Å². The van der Waals surface area contributed by atoms with E-state index in [0.29, 0.717) is 16.4 Å². The van der Waals surface area contributed by atoms with Crippen LogP contribution in [0.3, 0.4) is 0 Å². The summed E-state index contributed by atoms with van der Waals surface area (Å²) in [7, 11) is 0. The molecule has 1 N–H and O–H groups in total. The van der Waals surface area contributed by atoms with Gasteiger partial charge in [0.05, 0.1) is 35.5 Å². The Morgan fingerprint density at radius 2 is 2.03 bits per heavy atom. The second-order valence-electron chi connectivity index (χ2n) is 7.69. The maximum absolute atomic E-state index is 13.1. The second kappa shape index (κ2) is 9.33. The third-order valence-electron chi connectivity index (χ3n) is 5.65. The van der Waals surface area contributed by atoms with Crippen LogP contribution in [0.2, 0.25) is 5.02 Å². The van der Waals surface area contributed by atoms with E-state index in [1.807, 2.05) is 41.9 Å². The first-order valence-electron chi connectivity index (χ1n) is 10.5. The summed E-state index contributed by atoms with van der Waals surface area (Å²) >= 11 is 9.22. The first kappa shape index (κ1) is 21.6. The lowest BCUT2D eigenvalue weighted by molar-refractivity contribution is 0.0169. The number of carbonyl (C=O) groups excluding carboxylic acids is 1. The molecule has 6 nitrogen and oxygen atoms in total. The van der Waals surface area contributed by atoms with Crippen molar-refractivity contribution >= 4 is 50.4 Å². The zero-order valence-corrected chi connectivity index (χ0v) is 20.0. The number of morpholine rings is 1. The fourth-order valence-electron chi connectivity index (χ4n) is 3.97. The molecule has 5 rings (SSSR count). The van der Waals surface area contributed by atoms with Crippen molar-refractivity contribution in [2.45, 2.75) is 13.0 Å². The van der Waals surface area contributed by atoms with E-state index in [9.17, 15) is 4.79 Å². The lowest BCUT2D eigenvalue weighted by atomic mass is 10.2. The summed E-state index contributed by atoms with van der Waals surface area (Å²) in [5, 5.41) is 11.6. The highest BCUT2D eigenvalue weighted by Crippen LogP contribution is 2.31. The number of carbonyl (C=O) groups is 1. The number of benzene rings is 1. The van der Waals surface area contributed by atoms with E-state index in [0.717, 1.165) is 47.9 Å². The highest BCUT2D eigenvalue weighted by atomic mass is 35.5. The Labute approximate surface area is 199 Å². The van der Waals surface area contributed by atoms with Gasteiger partial charge in [0, 0.05) is 34.9 Å². The molecule has 4 aromatic rings. The molecular weight excluding hydrogens is 464 g/mol. The first-order valence-corrected chi connectivity index (χ1v) is 12.6. The molecular formula is C23H23ClN4O2S2. The van der Waals surface area contributed by atoms with Crippen LogP contribution in [0.15, 0.2) is 47.8 Å². The molecule has 166 valence electrons. The minimum atomic E-state index is -0.0527. The van der Waals surface area contributed by atoms with Gasteiger partial charge in [-0.25, -0.2) is 4.68 Å². The molecule has 0 saturated carbocycles. The Morgan fingerprint density at radius 3 is 2.75 bits per heavy atom. The zero-order chi connectivity index (χ0) is 22.1. The number of ether oxygens (including phenoxy) is 1. The minimum Gasteiger partial charge on any atom is -0.379 e. The third-order valence-corrected chi connectivity index (χ3v) is 7.99. The van der Waals surface area contributed by atoms with Gasteiger partial charge in [0.25, 0.3) is 5.91 Å². The average molecular weight is 487 g/mol. The molecule has 1 aromatic carbocycles. The lowest BCUT2D eigenvalue weighted by Gasteiger charge is -2.34. The molecule has 1 atom stereocenters. The summed E-state index contributed by atoms with van der Waals surface area (Å²) in [6.45, 7) is 5.73. The SMILES string of the molecule is Cc1nn(-c2ccc(Cl)cc2)c2sc(C(=O)NC[C@H](c3cccs3)N3CCOCC3)cc12. The summed E-state index contributed by atoms with van der Waals surface area (Å²) in [6.07, 6.45) is 0. The molecule has 0 spiro atoms. The van der Waals surface area contributed by atoms with Crippen molar-refractivity contribution in [3.63, 3.8) is 0 Å². The van der Waals surface area contributed by atoms with E-state index in [4.69, 9.17) is 16.3 Å². The van der Waals surface area contributed by atoms with Crippen molar-refractivity contribution in [1.29, 1.82) is 0 Å². The van der Waals surface area contributed by atoms with Gasteiger partial charge in [-0.15, -0.1) is 22.7 Å². The van der Waals surface area contributed by atoms with Crippen LogP contribution in [-0.4, -0.2) is 53.4 Å². The fraction of sp³-hybridized carbons (Fsp3) is 0.304. The van der Waals surface area contributed by atoms with Gasteiger partial charge in [0.15, 0.2) is 0 Å². The molecule has 0 radical (unpaired) electrons. The van der Waals surface area contributed by atoms with Gasteiger partial charge >= 0.3 is 0 Å². The van der Waals surface area contributed by atoms with E-state index >= 15 is 0 Å². The molecule has 1 saturated heterocycles. The maximum atomic E-state index is 13.1. The number of hydrogen-bond acceptors (Lipinski definition) is 6. The summed E-state index contributed by atoms with van der Waals surface area (Å²) < 4.78 is 7.39. The van der Waals surface area contributed by atoms with Crippen molar-refractivity contribution in [3.05, 3.63) is 68.3 Å². The number of nitrogens with one attached hydrogen (secondary N) is 1. The fourth-order valence-corrected chi connectivity index (χ4v) is 6.06. The zero-order valence-electron chi connectivity index (χ0n) is 17.6. The van der Waals surface area contributed by atoms with Gasteiger partial charge in [0.1, 0.15) is 4.83 Å². The molecule has 9 heteroatoms. The highest BCUT2D eigenvalue weighted by molar-refractivity contribution is 7.20. The van der Waals surface area contributed by atoms with Crippen LogP contribution in [0.4, 0.5) is 0 Å². The van der Waals surface area contributed by atoms with Gasteiger partial charge in [-0.2, -0.15) is 5.10 Å². The maximum Gasteiger partial charge on any atom is 0.261 e. The molecule has 0 aliphatic carbocycles. The molecule has 0 unspecified atom stereocenters. The van der Waals surface area contributed by atoms with Gasteiger partial charge in [-0.1, -0.05) is 17.7 Å². The van der Waals surface area contributed by atoms with Gasteiger partial charge in [-0.05, 0) is 48.7 Å². The number of nitrogens with zero attached hydrogens (tertiary/aromatic N) is 3. The Bertz CT molecular complexity index is 1210. The highest BCUT2D eigenvalue weighted by Gasteiger charge is 2.25. The van der Waals surface area contributed by atoms with Gasteiger partial charge in [-0.3, -0.25) is 9.69 Å². The largest absolute Gasteiger partial charge is 0.379 e. The summed E-state index contributed by atoms with van der Waals surface area (Å²) in [6, 6.07) is 13.9. The molecule has 1 aliphatic rings. The predicted octanol–water partition coefficient (Wildman–Crippen LogP) is 4.91. The average Bonchev–Trinajstić information content (AvgIpc) is 3.54. The number of fused-ring (bicyclic) bond motifs is 1. The van der Waals surface area contributed by atoms with Crippen LogP contribution in [0.25, 0.3) is 15.9 Å². The standard InChI is InChI=1S/C23H23ClN4O2S2/c1-15-18-13-21(32-23(18)28(26-15)17-6-4-16(24)5-7-17)22(29)25-14-19(20-3-2-12-31-20)27-8-10-30-11-9-27/h2-7,12-13,19H,8-11,14H2,1H3,(H,25,29)/t19-/m1/s1. The van der Waals surface area contributed by atoms with Crippen LogP contribution in [0.1, 0.15) is 26.3 Å². The van der Waals surface area contributed by atoms with E-state index in [1.54, 1.807) is 11.3 Å². The molecule has 1 amide bonds. The first-order chi connectivity index (χ1) is 15.6. The van der Waals surface area contributed by atoms with Crippen molar-refractivity contribution in [2.75, 3.05) is 32.8 Å². The van der Waals surface area contributed by atoms with Crippen LogP contribution in [0, 0.1) is 6.92 Å². The molecule has 1 aliphatic heterocycles. The number of halogens is 1. The topological polar surface area (TPSA) is 59.4 Å². The summed E-state index contributed by atoms with van der Waals surface area (Å²) in [4.78, 5) is 18.4. The number of rotatable bonds is 6. The van der Waals surface area contributed by atoms with E-state index in [1.165, 1.54) is 16.2 Å². The van der Waals surface area contributed by atoms with Crippen LogP contribution in [0.5, 0.6) is 0 Å². The number of aryl methyl sites for hydroxylation is 1. The van der Waals surface area contributed by atoms with Crippen molar-refractivity contribution in [3.8, 4) is 5.69 Å². The summed E-state index contributed by atoms with van der Waals surface area (Å²) in [5.41, 5.74) is 1.82. The Morgan fingerprint density at radius 1 is 1.25 bits per heavy atom. The molecule has 1 fully saturated rings. The third kappa shape index (κ3) is 4.33. The Hall–Kier alpha value is -2.23. The van der Waals surface area contributed by atoms with Crippen molar-refractivity contribution < 1.29 is 9.53 Å². The number of hydrogen-bond donors (Lipinski definition) is 1. The number of thiophene rings is 2. The quantitative estimate of drug-likeness (QED) is 0.420. The van der Waals surface area contributed by atoms with Gasteiger partial charge in [0.2, 0.25) is 0 Å². The van der Waals surface area contributed by atoms with Gasteiger partial charge < -0.3 is 10.1 Å². The molecule has 32 heavy (non-hydrogen) atoms. The van der Waals surface area contributed by atoms with Crippen LogP contribution < -0.4 is 5.32 Å². The van der Waals surface area contributed by atoms with Crippen molar-refractivity contribution in [2.24, 2.45) is 0 Å².